The lowest BCUT2D eigenvalue weighted by Crippen LogP contribution is -2.30. The van der Waals surface area contributed by atoms with Crippen molar-refractivity contribution in [3.8, 4) is 0 Å². The first-order chi connectivity index (χ1) is 7.47. The van der Waals surface area contributed by atoms with Crippen LogP contribution >= 0.6 is 0 Å². The zero-order chi connectivity index (χ0) is 12.0. The van der Waals surface area contributed by atoms with Gasteiger partial charge in [0.2, 0.25) is 10.0 Å². The van der Waals surface area contributed by atoms with E-state index in [9.17, 15) is 8.42 Å². The van der Waals surface area contributed by atoms with Crippen LogP contribution in [0.4, 0.5) is 0 Å². The summed E-state index contributed by atoms with van der Waals surface area (Å²) in [6, 6.07) is 2.05. The van der Waals surface area contributed by atoms with Gasteiger partial charge >= 0.3 is 0 Å². The van der Waals surface area contributed by atoms with Crippen LogP contribution in [0.1, 0.15) is 11.1 Å². The van der Waals surface area contributed by atoms with Gasteiger partial charge in [0.1, 0.15) is 0 Å². The van der Waals surface area contributed by atoms with Gasteiger partial charge in [-0.3, -0.25) is 4.98 Å². The smallest absolute Gasteiger partial charge is 0.208 e. The number of nitrogens with zero attached hydrogens (tertiary/aromatic N) is 1. The second kappa shape index (κ2) is 5.93. The van der Waals surface area contributed by atoms with Gasteiger partial charge in [-0.05, 0) is 18.1 Å². The molecule has 0 aliphatic carbocycles. The van der Waals surface area contributed by atoms with E-state index in [1.54, 1.807) is 12.4 Å². The first-order valence-corrected chi connectivity index (χ1v) is 6.92. The average Bonchev–Trinajstić information content (AvgIpc) is 2.15. The molecule has 0 radical (unpaired) electrons. The van der Waals surface area contributed by atoms with Gasteiger partial charge in [0.15, 0.2) is 0 Å². The molecule has 0 bridgehead atoms. The molecule has 0 aliphatic rings. The van der Waals surface area contributed by atoms with Gasteiger partial charge in [-0.15, -0.1) is 0 Å². The summed E-state index contributed by atoms with van der Waals surface area (Å²) < 4.78 is 23.9. The highest BCUT2D eigenvalue weighted by Gasteiger charge is 1.98. The zero-order valence-electron chi connectivity index (χ0n) is 9.53. The van der Waals surface area contributed by atoms with Gasteiger partial charge in [0, 0.05) is 32.0 Å². The number of aryl methyl sites for hydroxylation is 1. The van der Waals surface area contributed by atoms with Crippen LogP contribution in [0, 0.1) is 6.92 Å². The second-order valence-corrected chi connectivity index (χ2v) is 5.55. The third-order valence-electron chi connectivity index (χ3n) is 1.93. The van der Waals surface area contributed by atoms with Crippen LogP contribution < -0.4 is 10.0 Å². The number of aromatic nitrogens is 1. The Labute approximate surface area is 96.3 Å². The van der Waals surface area contributed by atoms with Crippen molar-refractivity contribution >= 4 is 10.0 Å². The third kappa shape index (κ3) is 5.79. The van der Waals surface area contributed by atoms with Gasteiger partial charge in [-0.25, -0.2) is 13.1 Å². The summed E-state index contributed by atoms with van der Waals surface area (Å²) >= 11 is 0. The highest BCUT2D eigenvalue weighted by atomic mass is 32.2. The molecule has 0 aliphatic heterocycles. The monoisotopic (exact) mass is 243 g/mol. The number of nitrogens with one attached hydrogen (secondary N) is 2. The SMILES string of the molecule is Cc1cncc(CNCCNS(C)(=O)=O)c1. The molecular weight excluding hydrogens is 226 g/mol. The maximum atomic E-state index is 10.8. The van der Waals surface area contributed by atoms with E-state index in [-0.39, 0.29) is 0 Å². The number of rotatable bonds is 6. The molecule has 1 rings (SSSR count). The Morgan fingerprint density at radius 2 is 2.06 bits per heavy atom. The van der Waals surface area contributed by atoms with Gasteiger partial charge in [0.05, 0.1) is 6.26 Å². The van der Waals surface area contributed by atoms with Crippen molar-refractivity contribution in [3.63, 3.8) is 0 Å². The minimum atomic E-state index is -3.08. The molecule has 1 aromatic heterocycles. The predicted octanol–water partition coefficient (Wildman–Crippen LogP) is 0.0288. The molecule has 0 unspecified atom stereocenters. The van der Waals surface area contributed by atoms with Crippen LogP contribution in [0.5, 0.6) is 0 Å². The molecule has 0 saturated heterocycles. The van der Waals surface area contributed by atoms with E-state index in [2.05, 4.69) is 15.0 Å². The van der Waals surface area contributed by atoms with Crippen LogP contribution in [0.2, 0.25) is 0 Å². The molecule has 0 saturated carbocycles. The predicted molar refractivity (Wildman–Crippen MR) is 63.5 cm³/mol. The van der Waals surface area contributed by atoms with Crippen LogP contribution in [0.15, 0.2) is 18.5 Å². The maximum Gasteiger partial charge on any atom is 0.208 e. The van der Waals surface area contributed by atoms with Crippen molar-refractivity contribution in [1.29, 1.82) is 0 Å². The van der Waals surface area contributed by atoms with Crippen LogP contribution in [-0.2, 0) is 16.6 Å². The Hall–Kier alpha value is -0.980. The topological polar surface area (TPSA) is 71.1 Å². The Morgan fingerprint density at radius 3 is 2.69 bits per heavy atom. The molecule has 0 amide bonds. The van der Waals surface area contributed by atoms with E-state index < -0.39 is 10.0 Å². The minimum absolute atomic E-state index is 0.401. The Morgan fingerprint density at radius 1 is 1.31 bits per heavy atom. The molecule has 0 aromatic carbocycles. The number of pyridine rings is 1. The lowest BCUT2D eigenvalue weighted by atomic mass is 10.2. The highest BCUT2D eigenvalue weighted by molar-refractivity contribution is 7.88. The lowest BCUT2D eigenvalue weighted by Gasteiger charge is -2.05. The van der Waals surface area contributed by atoms with Gasteiger partial charge in [-0.1, -0.05) is 6.07 Å². The Balaban J connectivity index is 2.21. The third-order valence-corrected chi connectivity index (χ3v) is 2.66. The quantitative estimate of drug-likeness (QED) is 0.691. The summed E-state index contributed by atoms with van der Waals surface area (Å²) in [7, 11) is -3.08. The van der Waals surface area contributed by atoms with E-state index in [4.69, 9.17) is 0 Å². The summed E-state index contributed by atoms with van der Waals surface area (Å²) in [4.78, 5) is 4.07. The molecule has 0 fully saturated rings. The summed E-state index contributed by atoms with van der Waals surface area (Å²) in [5.41, 5.74) is 2.22. The molecule has 90 valence electrons. The van der Waals surface area contributed by atoms with Crippen LogP contribution in [-0.4, -0.2) is 32.7 Å². The van der Waals surface area contributed by atoms with E-state index in [1.165, 1.54) is 0 Å². The van der Waals surface area contributed by atoms with Gasteiger partial charge in [0.25, 0.3) is 0 Å². The molecule has 6 heteroatoms. The molecule has 1 aromatic rings. The largest absolute Gasteiger partial charge is 0.311 e. The number of hydrogen-bond donors (Lipinski definition) is 2. The summed E-state index contributed by atoms with van der Waals surface area (Å²) in [5, 5.41) is 3.13. The standard InChI is InChI=1S/C10H17N3O2S/c1-9-5-10(8-12-6-9)7-11-3-4-13-16(2,14)15/h5-6,8,11,13H,3-4,7H2,1-2H3. The van der Waals surface area contributed by atoms with E-state index >= 15 is 0 Å². The van der Waals surface area contributed by atoms with Crippen molar-refractivity contribution in [1.82, 2.24) is 15.0 Å². The number of sulfonamides is 1. The lowest BCUT2D eigenvalue weighted by molar-refractivity contribution is 0.581. The fourth-order valence-corrected chi connectivity index (χ4v) is 1.74. The van der Waals surface area contributed by atoms with Gasteiger partial charge < -0.3 is 5.32 Å². The summed E-state index contributed by atoms with van der Waals surface area (Å²) in [6.45, 7) is 3.68. The van der Waals surface area contributed by atoms with Gasteiger partial charge in [-0.2, -0.15) is 0 Å². The van der Waals surface area contributed by atoms with E-state index in [0.717, 1.165) is 17.4 Å². The van der Waals surface area contributed by atoms with Crippen molar-refractivity contribution in [2.45, 2.75) is 13.5 Å². The minimum Gasteiger partial charge on any atom is -0.311 e. The highest BCUT2D eigenvalue weighted by Crippen LogP contribution is 1.99. The Bertz CT molecular complexity index is 431. The first-order valence-electron chi connectivity index (χ1n) is 5.03. The fraction of sp³-hybridized carbons (Fsp3) is 0.500. The molecule has 0 spiro atoms. The normalized spacial score (nSPS) is 11.6. The molecular formula is C10H17N3O2S. The molecule has 16 heavy (non-hydrogen) atoms. The average molecular weight is 243 g/mol. The maximum absolute atomic E-state index is 10.8. The molecule has 2 N–H and O–H groups in total. The van der Waals surface area contributed by atoms with Crippen molar-refractivity contribution in [2.75, 3.05) is 19.3 Å². The van der Waals surface area contributed by atoms with Crippen molar-refractivity contribution < 1.29 is 8.42 Å². The van der Waals surface area contributed by atoms with Crippen LogP contribution in [0.3, 0.4) is 0 Å². The van der Waals surface area contributed by atoms with Crippen molar-refractivity contribution in [3.05, 3.63) is 29.6 Å². The molecule has 0 atom stereocenters. The van der Waals surface area contributed by atoms with E-state index in [1.807, 2.05) is 13.0 Å². The second-order valence-electron chi connectivity index (χ2n) is 3.71. The Kier molecular flexibility index (Phi) is 4.85. The summed E-state index contributed by atoms with van der Waals surface area (Å²) in [6.07, 6.45) is 4.75. The molecule has 5 nitrogen and oxygen atoms in total. The first kappa shape index (κ1) is 13.1. The number of hydrogen-bond acceptors (Lipinski definition) is 4. The van der Waals surface area contributed by atoms with E-state index in [0.29, 0.717) is 19.6 Å². The molecule has 1 heterocycles. The van der Waals surface area contributed by atoms with Crippen LogP contribution in [0.25, 0.3) is 0 Å². The zero-order valence-corrected chi connectivity index (χ0v) is 10.3. The summed E-state index contributed by atoms with van der Waals surface area (Å²) in [5.74, 6) is 0. The fourth-order valence-electron chi connectivity index (χ4n) is 1.27. The van der Waals surface area contributed by atoms with Crippen molar-refractivity contribution in [2.24, 2.45) is 0 Å².